The molecule has 1 N–H and O–H groups in total. The number of anilines is 1. The van der Waals surface area contributed by atoms with Gasteiger partial charge in [-0.3, -0.25) is 4.79 Å². The molecule has 0 bridgehead atoms. The smallest absolute Gasteiger partial charge is 0.348 e. The monoisotopic (exact) mass is 584 g/mol. The summed E-state index contributed by atoms with van der Waals surface area (Å²) in [5.74, 6) is -1.36. The largest absolute Gasteiger partial charge is 0.484 e. The average molecular weight is 585 g/mol. The number of halogens is 2. The van der Waals surface area contributed by atoms with Crippen molar-refractivity contribution in [1.82, 2.24) is 14.8 Å². The molecule has 0 saturated carbocycles. The first-order valence-corrected chi connectivity index (χ1v) is 13.8. The van der Waals surface area contributed by atoms with Crippen LogP contribution in [0.2, 0.25) is 5.02 Å². The van der Waals surface area contributed by atoms with E-state index in [9.17, 15) is 18.8 Å². The van der Waals surface area contributed by atoms with Crippen LogP contribution in [0.1, 0.15) is 52.2 Å². The fourth-order valence-electron chi connectivity index (χ4n) is 3.32. The van der Waals surface area contributed by atoms with Crippen LogP contribution in [-0.2, 0) is 27.4 Å². The molecule has 2 aromatic heterocycles. The summed E-state index contributed by atoms with van der Waals surface area (Å²) < 4.78 is 30.9. The zero-order valence-corrected chi connectivity index (χ0v) is 23.5. The minimum absolute atomic E-state index is 0.0347. The molecule has 38 heavy (non-hydrogen) atoms. The van der Waals surface area contributed by atoms with Crippen LogP contribution in [-0.4, -0.2) is 51.6 Å². The van der Waals surface area contributed by atoms with Gasteiger partial charge in [0.25, 0.3) is 0 Å². The molecule has 0 aliphatic carbocycles. The predicted octanol–water partition coefficient (Wildman–Crippen LogP) is 5.12. The first-order valence-electron chi connectivity index (χ1n) is 11.6. The van der Waals surface area contributed by atoms with Crippen LogP contribution >= 0.6 is 34.7 Å². The molecule has 0 spiro atoms. The highest BCUT2D eigenvalue weighted by molar-refractivity contribution is 7.99. The lowest BCUT2D eigenvalue weighted by Gasteiger charge is -2.10. The fraction of sp³-hybridized carbons (Fsp3) is 0.375. The maximum Gasteiger partial charge on any atom is 0.348 e. The van der Waals surface area contributed by atoms with E-state index in [0.717, 1.165) is 29.2 Å². The van der Waals surface area contributed by atoms with Gasteiger partial charge in [-0.2, -0.15) is 0 Å². The summed E-state index contributed by atoms with van der Waals surface area (Å²) in [5.41, 5.74) is 0.500. The van der Waals surface area contributed by atoms with Crippen LogP contribution < -0.4 is 10.1 Å². The second-order valence-electron chi connectivity index (χ2n) is 7.54. The lowest BCUT2D eigenvalue weighted by atomic mass is 10.1. The summed E-state index contributed by atoms with van der Waals surface area (Å²) in [6.07, 6.45) is 0. The molecule has 0 aliphatic rings. The number of thioether (sulfide) groups is 1. The van der Waals surface area contributed by atoms with E-state index >= 15 is 0 Å². The number of nitrogens with zero attached hydrogens (tertiary/aromatic N) is 3. The van der Waals surface area contributed by atoms with Crippen LogP contribution in [0.25, 0.3) is 0 Å². The van der Waals surface area contributed by atoms with Gasteiger partial charge in [0.05, 0.1) is 29.6 Å². The topological polar surface area (TPSA) is 122 Å². The van der Waals surface area contributed by atoms with Crippen molar-refractivity contribution in [1.29, 1.82) is 0 Å². The van der Waals surface area contributed by atoms with Crippen LogP contribution in [0.4, 0.5) is 9.39 Å². The van der Waals surface area contributed by atoms with E-state index in [1.165, 1.54) is 12.1 Å². The Bertz CT molecular complexity index is 1330. The number of aromatic nitrogens is 3. The summed E-state index contributed by atoms with van der Waals surface area (Å²) in [6, 6.07) is 3.82. The van der Waals surface area contributed by atoms with Crippen molar-refractivity contribution in [2.75, 3.05) is 24.3 Å². The van der Waals surface area contributed by atoms with Gasteiger partial charge in [0.15, 0.2) is 11.0 Å². The van der Waals surface area contributed by atoms with E-state index in [2.05, 4.69) is 15.5 Å². The maximum absolute atomic E-state index is 13.3. The van der Waals surface area contributed by atoms with Crippen molar-refractivity contribution in [2.24, 2.45) is 0 Å². The second-order valence-corrected chi connectivity index (χ2v) is 9.91. The van der Waals surface area contributed by atoms with E-state index in [0.29, 0.717) is 28.8 Å². The third-order valence-corrected chi connectivity index (χ3v) is 7.48. The normalized spacial score (nSPS) is 10.8. The Morgan fingerprint density at radius 3 is 2.50 bits per heavy atom. The number of rotatable bonds is 12. The Morgan fingerprint density at radius 1 is 1.13 bits per heavy atom. The van der Waals surface area contributed by atoms with Crippen molar-refractivity contribution >= 4 is 57.5 Å². The van der Waals surface area contributed by atoms with E-state index in [-0.39, 0.29) is 46.0 Å². The number of hydrogen-bond donors (Lipinski definition) is 1. The summed E-state index contributed by atoms with van der Waals surface area (Å²) in [4.78, 5) is 37.9. The molecule has 0 saturated heterocycles. The Balaban J connectivity index is 1.70. The van der Waals surface area contributed by atoms with Crippen LogP contribution in [0.15, 0.2) is 23.4 Å². The summed E-state index contributed by atoms with van der Waals surface area (Å²) in [7, 11) is 0. The standard InChI is InChI=1S/C24H26ClFN4O6S2/c1-5-30-17(11-36-16-9-8-14(26)10-15(16)25)28-29-24(30)37-12-18(31)27-21-19(22(32)34-6-2)13(4)20(38-21)23(33)35-7-3/h8-10H,5-7,11-12H2,1-4H3,(H,27,31). The maximum atomic E-state index is 13.3. The number of carbonyl (C=O) groups is 3. The number of amides is 1. The minimum atomic E-state index is -0.642. The van der Waals surface area contributed by atoms with Gasteiger partial charge in [-0.25, -0.2) is 14.0 Å². The van der Waals surface area contributed by atoms with Gasteiger partial charge in [0.1, 0.15) is 28.1 Å². The van der Waals surface area contributed by atoms with Crippen molar-refractivity contribution in [3.63, 3.8) is 0 Å². The highest BCUT2D eigenvalue weighted by Crippen LogP contribution is 2.34. The van der Waals surface area contributed by atoms with Gasteiger partial charge < -0.3 is 24.1 Å². The van der Waals surface area contributed by atoms with Crippen molar-refractivity contribution in [2.45, 2.75) is 46.0 Å². The fourth-order valence-corrected chi connectivity index (χ4v) is 5.47. The Morgan fingerprint density at radius 2 is 1.84 bits per heavy atom. The second kappa shape index (κ2) is 13.6. The number of benzene rings is 1. The molecule has 3 aromatic rings. The molecule has 0 unspecified atom stereocenters. The molecule has 1 aromatic carbocycles. The van der Waals surface area contributed by atoms with Gasteiger partial charge >= 0.3 is 11.9 Å². The number of nitrogens with one attached hydrogen (secondary N) is 1. The van der Waals surface area contributed by atoms with Crippen molar-refractivity contribution in [3.8, 4) is 5.75 Å². The van der Waals surface area contributed by atoms with Gasteiger partial charge in [0, 0.05) is 6.54 Å². The van der Waals surface area contributed by atoms with E-state index in [1.54, 1.807) is 25.3 Å². The molecule has 0 radical (unpaired) electrons. The molecule has 0 fully saturated rings. The average Bonchev–Trinajstić information content (AvgIpc) is 3.42. The predicted molar refractivity (Wildman–Crippen MR) is 142 cm³/mol. The number of ether oxygens (including phenoxy) is 3. The Kier molecular flexibility index (Phi) is 10.5. The van der Waals surface area contributed by atoms with Crippen molar-refractivity contribution in [3.05, 3.63) is 50.9 Å². The lowest BCUT2D eigenvalue weighted by Crippen LogP contribution is -2.17. The zero-order chi connectivity index (χ0) is 27.8. The SMILES string of the molecule is CCOC(=O)c1sc(NC(=O)CSc2nnc(COc3ccc(F)cc3Cl)n2CC)c(C(=O)OCC)c1C. The zero-order valence-electron chi connectivity index (χ0n) is 21.1. The Hall–Kier alpha value is -3.16. The van der Waals surface area contributed by atoms with Gasteiger partial charge in [-0.15, -0.1) is 21.5 Å². The van der Waals surface area contributed by atoms with Crippen molar-refractivity contribution < 1.29 is 33.0 Å². The van der Waals surface area contributed by atoms with E-state index in [1.807, 2.05) is 6.92 Å². The quantitative estimate of drug-likeness (QED) is 0.228. The van der Waals surface area contributed by atoms with Crippen LogP contribution in [0, 0.1) is 12.7 Å². The third-order valence-electron chi connectivity index (χ3n) is 5.03. The summed E-state index contributed by atoms with van der Waals surface area (Å²) in [6.45, 7) is 7.68. The number of hydrogen-bond acceptors (Lipinski definition) is 10. The lowest BCUT2D eigenvalue weighted by molar-refractivity contribution is -0.113. The van der Waals surface area contributed by atoms with Crippen LogP contribution in [0.3, 0.4) is 0 Å². The highest BCUT2D eigenvalue weighted by Gasteiger charge is 2.27. The molecule has 3 rings (SSSR count). The van der Waals surface area contributed by atoms with Gasteiger partial charge in [0.2, 0.25) is 5.91 Å². The highest BCUT2D eigenvalue weighted by atomic mass is 35.5. The first-order chi connectivity index (χ1) is 18.2. The molecule has 10 nitrogen and oxygen atoms in total. The molecule has 14 heteroatoms. The van der Waals surface area contributed by atoms with E-state index < -0.39 is 23.7 Å². The molecular formula is C24H26ClFN4O6S2. The molecule has 204 valence electrons. The number of carbonyl (C=O) groups excluding carboxylic acids is 3. The van der Waals surface area contributed by atoms with Gasteiger partial charge in [-0.05, 0) is 51.5 Å². The number of thiophene rings is 1. The van der Waals surface area contributed by atoms with Gasteiger partial charge in [-0.1, -0.05) is 23.4 Å². The molecular weight excluding hydrogens is 559 g/mol. The Labute approximate surface area is 231 Å². The first kappa shape index (κ1) is 29.4. The number of esters is 2. The molecule has 2 heterocycles. The third kappa shape index (κ3) is 7.03. The van der Waals surface area contributed by atoms with Crippen LogP contribution in [0.5, 0.6) is 5.75 Å². The minimum Gasteiger partial charge on any atom is -0.484 e. The summed E-state index contributed by atoms with van der Waals surface area (Å²) in [5, 5.41) is 11.8. The molecule has 0 atom stereocenters. The van der Waals surface area contributed by atoms with E-state index in [4.69, 9.17) is 25.8 Å². The summed E-state index contributed by atoms with van der Waals surface area (Å²) >= 11 is 8.10. The molecule has 0 aliphatic heterocycles. The molecule has 1 amide bonds.